The van der Waals surface area contributed by atoms with E-state index in [0.717, 1.165) is 25.6 Å². The van der Waals surface area contributed by atoms with Gasteiger partial charge < -0.3 is 10.6 Å². The van der Waals surface area contributed by atoms with Gasteiger partial charge in [0, 0.05) is 25.6 Å². The lowest BCUT2D eigenvalue weighted by atomic mass is 10.3. The van der Waals surface area contributed by atoms with Crippen molar-refractivity contribution in [3.63, 3.8) is 0 Å². The summed E-state index contributed by atoms with van der Waals surface area (Å²) < 4.78 is 0. The number of carbonyl (C=O) groups is 1. The Morgan fingerprint density at radius 1 is 1.15 bits per heavy atom. The van der Waals surface area contributed by atoms with Gasteiger partial charge in [0.2, 0.25) is 5.91 Å². The zero-order chi connectivity index (χ0) is 9.10. The van der Waals surface area contributed by atoms with Crippen LogP contribution in [0.2, 0.25) is 0 Å². The third-order valence-corrected chi connectivity index (χ3v) is 2.63. The lowest BCUT2D eigenvalue weighted by molar-refractivity contribution is -0.121. The lowest BCUT2D eigenvalue weighted by Crippen LogP contribution is -2.32. The molecule has 0 aromatic heterocycles. The molecular weight excluding hydrogens is 164 g/mol. The number of nitrogens with one attached hydrogen (secondary N) is 2. The Kier molecular flexibility index (Phi) is 2.83. The first-order valence-electron chi connectivity index (χ1n) is 5.34. The van der Waals surface area contributed by atoms with E-state index in [4.69, 9.17) is 0 Å². The van der Waals surface area contributed by atoms with Crippen LogP contribution in [-0.2, 0) is 4.79 Å². The van der Waals surface area contributed by atoms with Gasteiger partial charge in [-0.1, -0.05) is 0 Å². The van der Waals surface area contributed by atoms with Gasteiger partial charge in [-0.05, 0) is 31.6 Å². The molecule has 0 heterocycles. The maximum absolute atomic E-state index is 11.2. The van der Waals surface area contributed by atoms with Crippen molar-refractivity contribution in [3.05, 3.63) is 0 Å². The van der Waals surface area contributed by atoms with Crippen molar-refractivity contribution >= 4 is 5.91 Å². The summed E-state index contributed by atoms with van der Waals surface area (Å²) in [5.74, 6) is 0.941. The first-order valence-corrected chi connectivity index (χ1v) is 5.34. The topological polar surface area (TPSA) is 41.1 Å². The van der Waals surface area contributed by atoms with Crippen LogP contribution >= 0.6 is 0 Å². The van der Waals surface area contributed by atoms with Crippen LogP contribution in [0, 0.1) is 5.92 Å². The Morgan fingerprint density at radius 2 is 1.92 bits per heavy atom. The smallest absolute Gasteiger partial charge is 0.220 e. The first kappa shape index (κ1) is 9.00. The summed E-state index contributed by atoms with van der Waals surface area (Å²) in [4.78, 5) is 11.2. The zero-order valence-corrected chi connectivity index (χ0v) is 8.01. The minimum Gasteiger partial charge on any atom is -0.355 e. The summed E-state index contributed by atoms with van der Waals surface area (Å²) in [5.41, 5.74) is 0. The molecule has 1 amide bonds. The van der Waals surface area contributed by atoms with E-state index in [9.17, 15) is 4.79 Å². The minimum absolute atomic E-state index is 0.236. The van der Waals surface area contributed by atoms with E-state index in [2.05, 4.69) is 10.6 Å². The van der Waals surface area contributed by atoms with Crippen LogP contribution in [0.1, 0.15) is 32.1 Å². The number of rotatable bonds is 6. The van der Waals surface area contributed by atoms with E-state index < -0.39 is 0 Å². The fourth-order valence-electron chi connectivity index (χ4n) is 1.42. The molecule has 2 rings (SSSR count). The maximum atomic E-state index is 11.2. The normalized spacial score (nSPS) is 21.5. The molecule has 2 N–H and O–H groups in total. The van der Waals surface area contributed by atoms with Gasteiger partial charge in [0.15, 0.2) is 0 Å². The van der Waals surface area contributed by atoms with Gasteiger partial charge in [-0.15, -0.1) is 0 Å². The van der Waals surface area contributed by atoms with Crippen LogP contribution in [-0.4, -0.2) is 25.0 Å². The first-order chi connectivity index (χ1) is 6.34. The largest absolute Gasteiger partial charge is 0.355 e. The van der Waals surface area contributed by atoms with E-state index >= 15 is 0 Å². The number of carbonyl (C=O) groups excluding carboxylic acids is 1. The molecule has 0 aliphatic heterocycles. The molecule has 2 aliphatic carbocycles. The highest BCUT2D eigenvalue weighted by Crippen LogP contribution is 2.31. The molecule has 2 aliphatic rings. The van der Waals surface area contributed by atoms with Crippen molar-refractivity contribution in [2.75, 3.05) is 13.1 Å². The molecule has 0 aromatic rings. The molecular formula is C10H18N2O. The van der Waals surface area contributed by atoms with Crippen molar-refractivity contribution < 1.29 is 4.79 Å². The van der Waals surface area contributed by atoms with E-state index in [1.807, 2.05) is 0 Å². The van der Waals surface area contributed by atoms with E-state index in [0.29, 0.717) is 5.92 Å². The standard InChI is InChI=1S/C10H18N2O/c13-10(7-8-1-2-8)12-6-5-11-9-3-4-9/h8-9,11H,1-7H2,(H,12,13). The number of hydrogen-bond acceptors (Lipinski definition) is 2. The third-order valence-electron chi connectivity index (χ3n) is 2.63. The summed E-state index contributed by atoms with van der Waals surface area (Å²) in [7, 11) is 0. The molecule has 2 fully saturated rings. The molecule has 3 nitrogen and oxygen atoms in total. The predicted molar refractivity (Wildman–Crippen MR) is 51.4 cm³/mol. The van der Waals surface area contributed by atoms with Crippen molar-refractivity contribution in [3.8, 4) is 0 Å². The van der Waals surface area contributed by atoms with E-state index in [-0.39, 0.29) is 5.91 Å². The van der Waals surface area contributed by atoms with Crippen LogP contribution in [0.15, 0.2) is 0 Å². The van der Waals surface area contributed by atoms with Crippen LogP contribution < -0.4 is 10.6 Å². The monoisotopic (exact) mass is 182 g/mol. The van der Waals surface area contributed by atoms with Crippen LogP contribution in [0.4, 0.5) is 0 Å². The molecule has 13 heavy (non-hydrogen) atoms. The van der Waals surface area contributed by atoms with E-state index in [1.165, 1.54) is 25.7 Å². The predicted octanol–water partition coefficient (Wildman–Crippen LogP) is 0.655. The second-order valence-electron chi connectivity index (χ2n) is 4.23. The van der Waals surface area contributed by atoms with Crippen molar-refractivity contribution in [2.45, 2.75) is 38.1 Å². The molecule has 0 radical (unpaired) electrons. The van der Waals surface area contributed by atoms with E-state index in [1.54, 1.807) is 0 Å². The van der Waals surface area contributed by atoms with Crippen LogP contribution in [0.3, 0.4) is 0 Å². The average molecular weight is 182 g/mol. The summed E-state index contributed by atoms with van der Waals surface area (Å²) in [5, 5.41) is 6.30. The van der Waals surface area contributed by atoms with Gasteiger partial charge >= 0.3 is 0 Å². The fourth-order valence-corrected chi connectivity index (χ4v) is 1.42. The van der Waals surface area contributed by atoms with Gasteiger partial charge in [0.1, 0.15) is 0 Å². The van der Waals surface area contributed by atoms with Crippen LogP contribution in [0.5, 0.6) is 0 Å². The highest BCUT2D eigenvalue weighted by Gasteiger charge is 2.24. The SMILES string of the molecule is O=C(CC1CC1)NCCNC1CC1. The Bertz CT molecular complexity index is 185. The third kappa shape index (κ3) is 3.77. The number of hydrogen-bond donors (Lipinski definition) is 2. The fraction of sp³-hybridized carbons (Fsp3) is 0.900. The number of amides is 1. The van der Waals surface area contributed by atoms with Crippen molar-refractivity contribution in [2.24, 2.45) is 5.92 Å². The molecule has 0 aromatic carbocycles. The van der Waals surface area contributed by atoms with Crippen LogP contribution in [0.25, 0.3) is 0 Å². The second kappa shape index (κ2) is 4.09. The van der Waals surface area contributed by atoms with Gasteiger partial charge in [0.25, 0.3) is 0 Å². The van der Waals surface area contributed by atoms with Crippen molar-refractivity contribution in [1.29, 1.82) is 0 Å². The van der Waals surface area contributed by atoms with Gasteiger partial charge in [-0.3, -0.25) is 4.79 Å². The molecule has 2 saturated carbocycles. The molecule has 74 valence electrons. The Hall–Kier alpha value is -0.570. The lowest BCUT2D eigenvalue weighted by Gasteiger charge is -2.04. The van der Waals surface area contributed by atoms with Gasteiger partial charge in [0.05, 0.1) is 0 Å². The maximum Gasteiger partial charge on any atom is 0.220 e. The Morgan fingerprint density at radius 3 is 2.54 bits per heavy atom. The summed E-state index contributed by atoms with van der Waals surface area (Å²) in [6, 6.07) is 0.750. The van der Waals surface area contributed by atoms with Gasteiger partial charge in [-0.25, -0.2) is 0 Å². The highest BCUT2D eigenvalue weighted by molar-refractivity contribution is 5.76. The Labute approximate surface area is 79.3 Å². The molecule has 0 bridgehead atoms. The average Bonchev–Trinajstić information content (AvgIpc) is 2.92. The minimum atomic E-state index is 0.236. The summed E-state index contributed by atoms with van der Waals surface area (Å²) in [6.45, 7) is 1.73. The Balaban J connectivity index is 1.43. The zero-order valence-electron chi connectivity index (χ0n) is 8.01. The molecule has 3 heteroatoms. The van der Waals surface area contributed by atoms with Crippen molar-refractivity contribution in [1.82, 2.24) is 10.6 Å². The molecule has 0 unspecified atom stereocenters. The molecule has 0 atom stereocenters. The van der Waals surface area contributed by atoms with Gasteiger partial charge in [-0.2, -0.15) is 0 Å². The molecule has 0 saturated heterocycles. The summed E-state index contributed by atoms with van der Waals surface area (Å²) >= 11 is 0. The highest BCUT2D eigenvalue weighted by atomic mass is 16.1. The molecule has 0 spiro atoms. The summed E-state index contributed by atoms with van der Waals surface area (Å²) in [6.07, 6.45) is 5.90. The quantitative estimate of drug-likeness (QED) is 0.592. The second-order valence-corrected chi connectivity index (χ2v) is 4.23.